The highest BCUT2D eigenvalue weighted by Crippen LogP contribution is 2.36. The zero-order valence-corrected chi connectivity index (χ0v) is 16.3. The van der Waals surface area contributed by atoms with E-state index in [2.05, 4.69) is 15.2 Å². The SMILES string of the molecule is Cn1ccnc1CN1CC(Cc2ccccc2F)(C(=O)NC2CCSC2)C1. The standard InChI is InChI=1S/C20H25FN4OS/c1-24-8-7-22-18(24)11-25-13-20(14-25,10-15-4-2-3-5-17(15)21)19(26)23-16-6-9-27-12-16/h2-5,7-8,16H,6,9-14H2,1H3,(H,23,26). The zero-order valence-electron chi connectivity index (χ0n) is 15.5. The van der Waals surface area contributed by atoms with E-state index in [4.69, 9.17) is 0 Å². The molecule has 2 saturated heterocycles. The highest BCUT2D eigenvalue weighted by Gasteiger charge is 2.50. The smallest absolute Gasteiger partial charge is 0.229 e. The summed E-state index contributed by atoms with van der Waals surface area (Å²) < 4.78 is 16.2. The summed E-state index contributed by atoms with van der Waals surface area (Å²) >= 11 is 1.88. The Bertz CT molecular complexity index is 812. The summed E-state index contributed by atoms with van der Waals surface area (Å²) in [5.74, 6) is 2.87. The quantitative estimate of drug-likeness (QED) is 0.825. The molecule has 144 valence electrons. The summed E-state index contributed by atoms with van der Waals surface area (Å²) in [6.45, 7) is 1.95. The van der Waals surface area contributed by atoms with E-state index in [1.165, 1.54) is 6.07 Å². The van der Waals surface area contributed by atoms with Crippen LogP contribution in [0.1, 0.15) is 17.8 Å². The molecular weight excluding hydrogens is 363 g/mol. The third-order valence-corrected chi connectivity index (χ3v) is 6.73. The third kappa shape index (κ3) is 3.89. The van der Waals surface area contributed by atoms with E-state index in [1.807, 2.05) is 35.6 Å². The Morgan fingerprint density at radius 3 is 2.89 bits per heavy atom. The summed E-state index contributed by atoms with van der Waals surface area (Å²) in [6, 6.07) is 7.02. The number of rotatable bonds is 6. The molecule has 4 rings (SSSR count). The molecule has 0 saturated carbocycles. The molecule has 2 fully saturated rings. The Morgan fingerprint density at radius 1 is 1.41 bits per heavy atom. The number of halogens is 1. The lowest BCUT2D eigenvalue weighted by Gasteiger charge is -2.49. The number of carbonyl (C=O) groups is 1. The van der Waals surface area contributed by atoms with Gasteiger partial charge in [0.05, 0.1) is 12.0 Å². The number of carbonyl (C=O) groups excluding carboxylic acids is 1. The zero-order chi connectivity index (χ0) is 18.9. The average molecular weight is 389 g/mol. The van der Waals surface area contributed by atoms with Crippen molar-refractivity contribution >= 4 is 17.7 Å². The van der Waals surface area contributed by atoms with Gasteiger partial charge in [0.2, 0.25) is 5.91 Å². The Labute approximate surface area is 163 Å². The number of nitrogens with zero attached hydrogens (tertiary/aromatic N) is 3. The minimum absolute atomic E-state index is 0.0642. The summed E-state index contributed by atoms with van der Waals surface area (Å²) in [5, 5.41) is 3.22. The second kappa shape index (κ2) is 7.64. The number of nitrogens with one attached hydrogen (secondary N) is 1. The molecule has 1 aromatic carbocycles. The van der Waals surface area contributed by atoms with E-state index < -0.39 is 5.41 Å². The van der Waals surface area contributed by atoms with Crippen molar-refractivity contribution in [3.8, 4) is 0 Å². The first kappa shape index (κ1) is 18.5. The van der Waals surface area contributed by atoms with Gasteiger partial charge in [-0.05, 0) is 30.2 Å². The number of imidazole rings is 1. The Balaban J connectivity index is 1.48. The largest absolute Gasteiger partial charge is 0.352 e. The topological polar surface area (TPSA) is 50.2 Å². The van der Waals surface area contributed by atoms with Crippen LogP contribution in [-0.2, 0) is 24.8 Å². The predicted molar refractivity (Wildman–Crippen MR) is 105 cm³/mol. The lowest BCUT2D eigenvalue weighted by atomic mass is 9.73. The molecule has 2 aliphatic heterocycles. The monoisotopic (exact) mass is 388 g/mol. The molecule has 1 amide bonds. The van der Waals surface area contributed by atoms with E-state index in [0.717, 1.165) is 23.8 Å². The van der Waals surface area contributed by atoms with Crippen molar-refractivity contribution in [3.05, 3.63) is 53.9 Å². The normalized spacial score (nSPS) is 21.8. The van der Waals surface area contributed by atoms with Crippen LogP contribution in [0.15, 0.2) is 36.7 Å². The highest BCUT2D eigenvalue weighted by molar-refractivity contribution is 7.99. The molecule has 0 radical (unpaired) electrons. The van der Waals surface area contributed by atoms with Crippen LogP contribution in [-0.4, -0.2) is 51.0 Å². The van der Waals surface area contributed by atoms with Crippen molar-refractivity contribution in [2.24, 2.45) is 12.5 Å². The summed E-state index contributed by atoms with van der Waals surface area (Å²) in [7, 11) is 1.97. The molecule has 7 heteroatoms. The Hall–Kier alpha value is -1.86. The van der Waals surface area contributed by atoms with E-state index >= 15 is 0 Å². The lowest BCUT2D eigenvalue weighted by molar-refractivity contribution is -0.143. The first-order valence-corrected chi connectivity index (χ1v) is 10.5. The molecule has 2 aliphatic rings. The van der Waals surface area contributed by atoms with Gasteiger partial charge in [0, 0.05) is 44.3 Å². The molecule has 27 heavy (non-hydrogen) atoms. The van der Waals surface area contributed by atoms with Gasteiger partial charge in [0.15, 0.2) is 0 Å². The molecule has 1 N–H and O–H groups in total. The molecule has 5 nitrogen and oxygen atoms in total. The summed E-state index contributed by atoms with van der Waals surface area (Å²) in [4.78, 5) is 19.7. The van der Waals surface area contributed by atoms with Crippen molar-refractivity contribution in [2.45, 2.75) is 25.4 Å². The van der Waals surface area contributed by atoms with Crippen LogP contribution in [0.2, 0.25) is 0 Å². The van der Waals surface area contributed by atoms with E-state index in [0.29, 0.717) is 31.6 Å². The molecule has 0 spiro atoms. The average Bonchev–Trinajstić information content (AvgIpc) is 3.26. The number of likely N-dealkylation sites (tertiary alicyclic amines) is 1. The summed E-state index contributed by atoms with van der Waals surface area (Å²) in [6.07, 6.45) is 5.16. The number of benzene rings is 1. The lowest BCUT2D eigenvalue weighted by Crippen LogP contribution is -2.64. The highest BCUT2D eigenvalue weighted by atomic mass is 32.2. The van der Waals surface area contributed by atoms with Crippen LogP contribution in [0.4, 0.5) is 4.39 Å². The Kier molecular flexibility index (Phi) is 5.23. The molecular formula is C20H25FN4OS. The maximum absolute atomic E-state index is 14.2. The van der Waals surface area contributed by atoms with Gasteiger partial charge >= 0.3 is 0 Å². The van der Waals surface area contributed by atoms with Crippen LogP contribution in [0.5, 0.6) is 0 Å². The molecule has 1 unspecified atom stereocenters. The molecule has 0 bridgehead atoms. The van der Waals surface area contributed by atoms with Gasteiger partial charge in [-0.3, -0.25) is 9.69 Å². The van der Waals surface area contributed by atoms with Crippen molar-refractivity contribution < 1.29 is 9.18 Å². The second-order valence-electron chi connectivity index (χ2n) is 7.68. The van der Waals surface area contributed by atoms with E-state index in [-0.39, 0.29) is 17.8 Å². The molecule has 2 aromatic rings. The fourth-order valence-corrected chi connectivity index (χ4v) is 5.15. The van der Waals surface area contributed by atoms with Gasteiger partial charge in [0.25, 0.3) is 0 Å². The van der Waals surface area contributed by atoms with Crippen molar-refractivity contribution in [1.29, 1.82) is 0 Å². The number of hydrogen-bond acceptors (Lipinski definition) is 4. The predicted octanol–water partition coefficient (Wildman–Crippen LogP) is 2.23. The number of thioether (sulfide) groups is 1. The van der Waals surface area contributed by atoms with Crippen LogP contribution in [0.25, 0.3) is 0 Å². The number of aryl methyl sites for hydroxylation is 1. The first-order chi connectivity index (χ1) is 13.1. The van der Waals surface area contributed by atoms with E-state index in [9.17, 15) is 9.18 Å². The van der Waals surface area contributed by atoms with Crippen molar-refractivity contribution in [3.63, 3.8) is 0 Å². The fraction of sp³-hybridized carbons (Fsp3) is 0.500. The minimum Gasteiger partial charge on any atom is -0.352 e. The van der Waals surface area contributed by atoms with Crippen molar-refractivity contribution in [1.82, 2.24) is 19.8 Å². The maximum Gasteiger partial charge on any atom is 0.229 e. The molecule has 3 heterocycles. The van der Waals surface area contributed by atoms with Gasteiger partial charge in [-0.1, -0.05) is 18.2 Å². The van der Waals surface area contributed by atoms with Gasteiger partial charge in [-0.25, -0.2) is 9.37 Å². The van der Waals surface area contributed by atoms with Crippen molar-refractivity contribution in [2.75, 3.05) is 24.6 Å². The number of amides is 1. The van der Waals surface area contributed by atoms with Gasteiger partial charge < -0.3 is 9.88 Å². The molecule has 1 atom stereocenters. The van der Waals surface area contributed by atoms with Crippen LogP contribution in [0, 0.1) is 11.2 Å². The molecule has 0 aliphatic carbocycles. The van der Waals surface area contributed by atoms with Gasteiger partial charge in [-0.2, -0.15) is 11.8 Å². The van der Waals surface area contributed by atoms with Crippen LogP contribution < -0.4 is 5.32 Å². The fourth-order valence-electron chi connectivity index (χ4n) is 4.00. The minimum atomic E-state index is -0.569. The number of aromatic nitrogens is 2. The third-order valence-electron chi connectivity index (χ3n) is 5.57. The Morgan fingerprint density at radius 2 is 2.22 bits per heavy atom. The van der Waals surface area contributed by atoms with Crippen LogP contribution in [0.3, 0.4) is 0 Å². The van der Waals surface area contributed by atoms with Crippen LogP contribution >= 0.6 is 11.8 Å². The van der Waals surface area contributed by atoms with E-state index in [1.54, 1.807) is 18.3 Å². The summed E-state index contributed by atoms with van der Waals surface area (Å²) in [5.41, 5.74) is 0.0470. The second-order valence-corrected chi connectivity index (χ2v) is 8.83. The van der Waals surface area contributed by atoms with Gasteiger partial charge in [-0.15, -0.1) is 0 Å². The molecule has 1 aromatic heterocycles. The van der Waals surface area contributed by atoms with Gasteiger partial charge in [0.1, 0.15) is 11.6 Å². The maximum atomic E-state index is 14.2. The number of hydrogen-bond donors (Lipinski definition) is 1. The first-order valence-electron chi connectivity index (χ1n) is 9.36.